The molecule has 0 aliphatic rings. The van der Waals surface area contributed by atoms with Crippen LogP contribution in [0.1, 0.15) is 22.3 Å². The summed E-state index contributed by atoms with van der Waals surface area (Å²) in [6.45, 7) is 1.23. The number of hydrogen-bond donors (Lipinski definition) is 1. The number of carbonyl (C=O) groups excluding carboxylic acids is 2. The molecule has 0 saturated carbocycles. The number of aromatic nitrogens is 3. The summed E-state index contributed by atoms with van der Waals surface area (Å²) >= 11 is 1.21. The molecule has 0 saturated heterocycles. The van der Waals surface area contributed by atoms with Crippen LogP contribution < -0.4 is 5.56 Å². The van der Waals surface area contributed by atoms with Crippen LogP contribution in [0.3, 0.4) is 0 Å². The number of ether oxygens (including phenoxy) is 1. The molecule has 0 radical (unpaired) electrons. The van der Waals surface area contributed by atoms with Gasteiger partial charge in [-0.2, -0.15) is 10.4 Å². The molecule has 27 heavy (non-hydrogen) atoms. The Hall–Kier alpha value is -3.38. The fourth-order valence-corrected chi connectivity index (χ4v) is 3.36. The third-order valence-corrected chi connectivity index (χ3v) is 4.82. The number of thiazole rings is 1. The van der Waals surface area contributed by atoms with Crippen LogP contribution in [0.4, 0.5) is 0 Å². The average molecular weight is 382 g/mol. The highest BCUT2D eigenvalue weighted by molar-refractivity contribution is 7.09. The van der Waals surface area contributed by atoms with Crippen molar-refractivity contribution in [2.24, 2.45) is 0 Å². The van der Waals surface area contributed by atoms with Gasteiger partial charge in [-0.05, 0) is 13.0 Å². The van der Waals surface area contributed by atoms with Gasteiger partial charge in [0.2, 0.25) is 0 Å². The monoisotopic (exact) mass is 382 g/mol. The molecule has 9 heteroatoms. The number of nitrogens with zero attached hydrogens (tertiary/aromatic N) is 3. The zero-order valence-corrected chi connectivity index (χ0v) is 15.1. The SMILES string of the molecule is Cc1csc([C@H](C#N)C(=O)COC(=O)Cc2n[nH]c(=O)c3ccccc23)n1. The Bertz CT molecular complexity index is 1110. The zero-order valence-electron chi connectivity index (χ0n) is 14.3. The van der Waals surface area contributed by atoms with E-state index in [4.69, 9.17) is 4.74 Å². The number of H-pyrrole nitrogens is 1. The number of nitriles is 1. The second kappa shape index (κ2) is 7.88. The van der Waals surface area contributed by atoms with E-state index in [-0.39, 0.29) is 12.0 Å². The Balaban J connectivity index is 1.67. The Labute approximate surface area is 157 Å². The molecule has 0 aliphatic carbocycles. The van der Waals surface area contributed by atoms with E-state index >= 15 is 0 Å². The van der Waals surface area contributed by atoms with Crippen molar-refractivity contribution in [3.63, 3.8) is 0 Å². The van der Waals surface area contributed by atoms with Crippen molar-refractivity contribution in [3.05, 3.63) is 56.4 Å². The normalized spacial score (nSPS) is 11.7. The molecule has 2 aromatic heterocycles. The Morgan fingerprint density at radius 2 is 2.07 bits per heavy atom. The van der Waals surface area contributed by atoms with Gasteiger partial charge in [0.05, 0.1) is 23.6 Å². The average Bonchev–Trinajstić information content (AvgIpc) is 3.09. The van der Waals surface area contributed by atoms with Crippen LogP contribution in [0.5, 0.6) is 0 Å². The topological polar surface area (TPSA) is 126 Å². The van der Waals surface area contributed by atoms with Crippen molar-refractivity contribution in [1.29, 1.82) is 5.26 Å². The highest BCUT2D eigenvalue weighted by Gasteiger charge is 2.24. The van der Waals surface area contributed by atoms with Gasteiger partial charge in [-0.3, -0.25) is 14.4 Å². The number of rotatable bonds is 6. The number of ketones is 1. The van der Waals surface area contributed by atoms with Crippen molar-refractivity contribution in [3.8, 4) is 6.07 Å². The predicted octanol–water partition coefficient (Wildman–Crippen LogP) is 1.65. The number of hydrogen-bond acceptors (Lipinski definition) is 8. The van der Waals surface area contributed by atoms with Gasteiger partial charge in [-0.15, -0.1) is 11.3 Å². The first-order chi connectivity index (χ1) is 13.0. The van der Waals surface area contributed by atoms with Gasteiger partial charge < -0.3 is 4.74 Å². The molecule has 0 unspecified atom stereocenters. The molecule has 136 valence electrons. The highest BCUT2D eigenvalue weighted by Crippen LogP contribution is 2.21. The van der Waals surface area contributed by atoms with Gasteiger partial charge in [0.25, 0.3) is 5.56 Å². The fourth-order valence-electron chi connectivity index (χ4n) is 2.50. The second-order valence-corrected chi connectivity index (χ2v) is 6.63. The lowest BCUT2D eigenvalue weighted by atomic mass is 10.1. The first-order valence-electron chi connectivity index (χ1n) is 7.96. The molecule has 8 nitrogen and oxygen atoms in total. The van der Waals surface area contributed by atoms with Crippen molar-refractivity contribution in [1.82, 2.24) is 15.2 Å². The third-order valence-electron chi connectivity index (χ3n) is 3.80. The number of esters is 1. The van der Waals surface area contributed by atoms with E-state index in [0.717, 1.165) is 5.69 Å². The first-order valence-corrected chi connectivity index (χ1v) is 8.84. The maximum absolute atomic E-state index is 12.2. The quantitative estimate of drug-likeness (QED) is 0.642. The van der Waals surface area contributed by atoms with E-state index in [1.165, 1.54) is 11.3 Å². The van der Waals surface area contributed by atoms with Gasteiger partial charge in [-0.25, -0.2) is 10.1 Å². The van der Waals surface area contributed by atoms with Crippen molar-refractivity contribution in [2.45, 2.75) is 19.3 Å². The first kappa shape index (κ1) is 18.4. The summed E-state index contributed by atoms with van der Waals surface area (Å²) in [5, 5.41) is 18.5. The summed E-state index contributed by atoms with van der Waals surface area (Å²) in [6, 6.07) is 8.64. The van der Waals surface area contributed by atoms with Crippen LogP contribution in [-0.2, 0) is 20.7 Å². The van der Waals surface area contributed by atoms with Crippen LogP contribution >= 0.6 is 11.3 Å². The van der Waals surface area contributed by atoms with E-state index < -0.39 is 24.3 Å². The number of aromatic amines is 1. The Morgan fingerprint density at radius 3 is 2.74 bits per heavy atom. The number of nitrogens with one attached hydrogen (secondary N) is 1. The predicted molar refractivity (Wildman–Crippen MR) is 97.2 cm³/mol. The molecular weight excluding hydrogens is 368 g/mol. The van der Waals surface area contributed by atoms with Gasteiger partial charge >= 0.3 is 5.97 Å². The molecule has 3 aromatic rings. The van der Waals surface area contributed by atoms with Crippen molar-refractivity contribution in [2.75, 3.05) is 6.61 Å². The molecule has 2 heterocycles. The summed E-state index contributed by atoms with van der Waals surface area (Å²) in [4.78, 5) is 40.2. The molecule has 3 rings (SSSR count). The lowest BCUT2D eigenvalue weighted by Crippen LogP contribution is -2.21. The standard InChI is InChI=1S/C18H14N4O4S/c1-10-9-27-18(20-10)13(7-19)15(23)8-26-16(24)6-14-11-4-2-3-5-12(11)17(25)22-21-14/h2-5,9,13H,6,8H2,1H3,(H,22,25)/t13-/m1/s1. The molecule has 1 N–H and O–H groups in total. The summed E-state index contributed by atoms with van der Waals surface area (Å²) in [5.41, 5.74) is 0.708. The fraction of sp³-hybridized carbons (Fsp3) is 0.222. The second-order valence-electron chi connectivity index (χ2n) is 5.74. The van der Waals surface area contributed by atoms with E-state index in [1.807, 2.05) is 6.07 Å². The van der Waals surface area contributed by atoms with Gasteiger partial charge in [0.15, 0.2) is 18.3 Å². The van der Waals surface area contributed by atoms with E-state index in [0.29, 0.717) is 21.5 Å². The van der Waals surface area contributed by atoms with Crippen LogP contribution in [0.2, 0.25) is 0 Å². The number of fused-ring (bicyclic) bond motifs is 1. The molecular formula is C18H14N4O4S. The molecule has 0 spiro atoms. The van der Waals surface area contributed by atoms with Crippen LogP contribution in [-0.4, -0.2) is 33.5 Å². The summed E-state index contributed by atoms with van der Waals surface area (Å²) in [5.74, 6) is -2.29. The molecule has 0 amide bonds. The van der Waals surface area contributed by atoms with Crippen LogP contribution in [0.25, 0.3) is 10.8 Å². The molecule has 1 atom stereocenters. The van der Waals surface area contributed by atoms with E-state index in [1.54, 1.807) is 36.6 Å². The molecule has 0 aliphatic heterocycles. The Morgan fingerprint density at radius 1 is 1.33 bits per heavy atom. The maximum Gasteiger partial charge on any atom is 0.312 e. The van der Waals surface area contributed by atoms with E-state index in [2.05, 4.69) is 15.2 Å². The van der Waals surface area contributed by atoms with Gasteiger partial charge in [-0.1, -0.05) is 18.2 Å². The number of carbonyl (C=O) groups is 2. The highest BCUT2D eigenvalue weighted by atomic mass is 32.1. The van der Waals surface area contributed by atoms with E-state index in [9.17, 15) is 19.6 Å². The summed E-state index contributed by atoms with van der Waals surface area (Å²) < 4.78 is 5.00. The molecule has 1 aromatic carbocycles. The van der Waals surface area contributed by atoms with Crippen molar-refractivity contribution < 1.29 is 14.3 Å². The minimum absolute atomic E-state index is 0.210. The zero-order chi connectivity index (χ0) is 19.4. The smallest absolute Gasteiger partial charge is 0.312 e. The van der Waals surface area contributed by atoms with Crippen LogP contribution in [0.15, 0.2) is 34.4 Å². The minimum atomic E-state index is -1.07. The third kappa shape index (κ3) is 4.07. The lowest BCUT2D eigenvalue weighted by Gasteiger charge is -2.07. The summed E-state index contributed by atoms with van der Waals surface area (Å²) in [6.07, 6.45) is -0.210. The number of Topliss-reactive ketones (excluding diaryl/α,β-unsaturated/α-hetero) is 1. The maximum atomic E-state index is 12.2. The molecule has 0 fully saturated rings. The van der Waals surface area contributed by atoms with Gasteiger partial charge in [0.1, 0.15) is 5.01 Å². The lowest BCUT2D eigenvalue weighted by molar-refractivity contribution is -0.147. The van der Waals surface area contributed by atoms with Gasteiger partial charge in [0, 0.05) is 16.5 Å². The summed E-state index contributed by atoms with van der Waals surface area (Å²) in [7, 11) is 0. The van der Waals surface area contributed by atoms with Crippen molar-refractivity contribution >= 4 is 33.9 Å². The Kier molecular flexibility index (Phi) is 5.38. The number of aryl methyl sites for hydroxylation is 1. The minimum Gasteiger partial charge on any atom is -0.457 e. The molecule has 0 bridgehead atoms. The largest absolute Gasteiger partial charge is 0.457 e. The number of benzene rings is 1. The van der Waals surface area contributed by atoms with Crippen LogP contribution in [0, 0.1) is 18.3 Å².